The van der Waals surface area contributed by atoms with E-state index in [1.807, 2.05) is 18.2 Å². The molecule has 0 fully saturated rings. The molecule has 0 unspecified atom stereocenters. The van der Waals surface area contributed by atoms with E-state index in [9.17, 15) is 0 Å². The van der Waals surface area contributed by atoms with Crippen LogP contribution in [-0.2, 0) is 0 Å². The molecule has 0 spiro atoms. The van der Waals surface area contributed by atoms with Crippen LogP contribution in [0.15, 0.2) is 22.7 Å². The molecule has 1 aromatic carbocycles. The molecule has 0 heterocycles. The van der Waals surface area contributed by atoms with Crippen molar-refractivity contribution in [3.63, 3.8) is 0 Å². The Hall–Kier alpha value is -1.05. The highest BCUT2D eigenvalue weighted by Gasteiger charge is 2.06. The predicted molar refractivity (Wildman–Crippen MR) is 79.7 cm³/mol. The van der Waals surface area contributed by atoms with Crippen LogP contribution in [-0.4, -0.2) is 31.1 Å². The summed E-state index contributed by atoms with van der Waals surface area (Å²) in [5.41, 5.74) is 1.58. The summed E-state index contributed by atoms with van der Waals surface area (Å²) in [6, 6.07) is 8.55. The Labute approximate surface area is 118 Å². The fraction of sp³-hybridized carbons (Fsp3) is 0.500. The van der Waals surface area contributed by atoms with Crippen LogP contribution in [0.1, 0.15) is 25.8 Å². The largest absolute Gasteiger partial charge is 0.384 e. The minimum Gasteiger partial charge on any atom is -0.384 e. The first kappa shape index (κ1) is 15.0. The normalized spacial score (nSPS) is 10.7. The second-order valence-electron chi connectivity index (χ2n) is 4.63. The lowest BCUT2D eigenvalue weighted by atomic mass is 10.2. The van der Waals surface area contributed by atoms with Gasteiger partial charge in [-0.1, -0.05) is 6.07 Å². The monoisotopic (exact) mass is 309 g/mol. The van der Waals surface area contributed by atoms with Gasteiger partial charge in [0.25, 0.3) is 0 Å². The molecule has 0 atom stereocenters. The molecule has 1 rings (SSSR count). The van der Waals surface area contributed by atoms with E-state index in [1.54, 1.807) is 0 Å². The first-order valence-electron chi connectivity index (χ1n) is 6.19. The molecular formula is C14H20BrN3. The number of benzene rings is 1. The second-order valence-corrected chi connectivity index (χ2v) is 5.48. The van der Waals surface area contributed by atoms with E-state index >= 15 is 0 Å². The fourth-order valence-corrected chi connectivity index (χ4v) is 2.05. The maximum absolute atomic E-state index is 9.09. The van der Waals surface area contributed by atoms with Crippen LogP contribution in [0.4, 0.5) is 5.69 Å². The molecule has 0 saturated heterocycles. The van der Waals surface area contributed by atoms with Crippen molar-refractivity contribution in [2.75, 3.05) is 25.5 Å². The third-order valence-corrected chi connectivity index (χ3v) is 3.67. The van der Waals surface area contributed by atoms with Gasteiger partial charge < -0.3 is 10.2 Å². The highest BCUT2D eigenvalue weighted by molar-refractivity contribution is 9.10. The van der Waals surface area contributed by atoms with Crippen molar-refractivity contribution in [3.8, 4) is 6.07 Å². The average molecular weight is 310 g/mol. The standard InChI is InChI=1S/C14H20BrN3/c1-11(2)18(3)9-5-8-17-14-7-4-6-13(15)12(14)10-16/h4,6-7,11,17H,5,8-9H2,1-3H3. The lowest BCUT2D eigenvalue weighted by Crippen LogP contribution is -2.28. The number of anilines is 1. The molecule has 18 heavy (non-hydrogen) atoms. The quantitative estimate of drug-likeness (QED) is 0.818. The lowest BCUT2D eigenvalue weighted by Gasteiger charge is -2.21. The van der Waals surface area contributed by atoms with Gasteiger partial charge in [0.2, 0.25) is 0 Å². The minimum atomic E-state index is 0.575. The van der Waals surface area contributed by atoms with Crippen molar-refractivity contribution >= 4 is 21.6 Å². The van der Waals surface area contributed by atoms with Gasteiger partial charge in [0.15, 0.2) is 0 Å². The molecule has 98 valence electrons. The van der Waals surface area contributed by atoms with Gasteiger partial charge in [-0.15, -0.1) is 0 Å². The topological polar surface area (TPSA) is 39.1 Å². The van der Waals surface area contributed by atoms with Crippen molar-refractivity contribution in [2.45, 2.75) is 26.3 Å². The molecule has 0 bridgehead atoms. The molecule has 0 radical (unpaired) electrons. The van der Waals surface area contributed by atoms with Gasteiger partial charge in [-0.2, -0.15) is 5.26 Å². The smallest absolute Gasteiger partial charge is 0.103 e. The number of nitriles is 1. The summed E-state index contributed by atoms with van der Waals surface area (Å²) in [5.74, 6) is 0. The number of hydrogen-bond donors (Lipinski definition) is 1. The zero-order valence-corrected chi connectivity index (χ0v) is 12.8. The van der Waals surface area contributed by atoms with E-state index in [-0.39, 0.29) is 0 Å². The van der Waals surface area contributed by atoms with Crippen LogP contribution in [0.5, 0.6) is 0 Å². The molecule has 0 aromatic heterocycles. The minimum absolute atomic E-state index is 0.575. The lowest BCUT2D eigenvalue weighted by molar-refractivity contribution is 0.273. The highest BCUT2D eigenvalue weighted by atomic mass is 79.9. The Morgan fingerprint density at radius 3 is 2.78 bits per heavy atom. The van der Waals surface area contributed by atoms with Gasteiger partial charge in [-0.3, -0.25) is 0 Å². The van der Waals surface area contributed by atoms with Crippen molar-refractivity contribution in [1.29, 1.82) is 5.26 Å². The zero-order chi connectivity index (χ0) is 13.5. The molecule has 0 aliphatic rings. The van der Waals surface area contributed by atoms with Crippen LogP contribution in [0.25, 0.3) is 0 Å². The maximum Gasteiger partial charge on any atom is 0.103 e. The predicted octanol–water partition coefficient (Wildman–Crippen LogP) is 3.46. The van der Waals surface area contributed by atoms with Gasteiger partial charge in [-0.25, -0.2) is 0 Å². The number of halogens is 1. The van der Waals surface area contributed by atoms with E-state index < -0.39 is 0 Å². The Morgan fingerprint density at radius 2 is 2.17 bits per heavy atom. The van der Waals surface area contributed by atoms with Crippen molar-refractivity contribution < 1.29 is 0 Å². The van der Waals surface area contributed by atoms with E-state index in [0.29, 0.717) is 11.6 Å². The van der Waals surface area contributed by atoms with Gasteiger partial charge in [0, 0.05) is 17.1 Å². The van der Waals surface area contributed by atoms with E-state index in [1.165, 1.54) is 0 Å². The summed E-state index contributed by atoms with van der Waals surface area (Å²) in [5, 5.41) is 12.4. The first-order chi connectivity index (χ1) is 8.56. The van der Waals surface area contributed by atoms with Crippen molar-refractivity contribution in [2.24, 2.45) is 0 Å². The summed E-state index contributed by atoms with van der Waals surface area (Å²) >= 11 is 3.39. The molecule has 1 N–H and O–H groups in total. The van der Waals surface area contributed by atoms with Crippen molar-refractivity contribution in [1.82, 2.24) is 4.90 Å². The van der Waals surface area contributed by atoms with E-state index in [2.05, 4.69) is 53.1 Å². The SMILES string of the molecule is CC(C)N(C)CCCNc1cccc(Br)c1C#N. The number of hydrogen-bond acceptors (Lipinski definition) is 3. The van der Waals surface area contributed by atoms with Crippen LogP contribution < -0.4 is 5.32 Å². The molecule has 0 aliphatic heterocycles. The zero-order valence-electron chi connectivity index (χ0n) is 11.2. The molecule has 0 aliphatic carbocycles. The third-order valence-electron chi connectivity index (χ3n) is 3.01. The Balaban J connectivity index is 2.45. The average Bonchev–Trinajstić information content (AvgIpc) is 2.34. The Bertz CT molecular complexity index is 424. The van der Waals surface area contributed by atoms with Gasteiger partial charge in [0.05, 0.1) is 11.3 Å². The van der Waals surface area contributed by atoms with Gasteiger partial charge >= 0.3 is 0 Å². The van der Waals surface area contributed by atoms with Crippen molar-refractivity contribution in [3.05, 3.63) is 28.2 Å². The highest BCUT2D eigenvalue weighted by Crippen LogP contribution is 2.23. The summed E-state index contributed by atoms with van der Waals surface area (Å²) < 4.78 is 0.842. The van der Waals surface area contributed by atoms with Crippen LogP contribution in [0, 0.1) is 11.3 Å². The molecule has 4 heteroatoms. The second kappa shape index (κ2) is 7.40. The maximum atomic E-state index is 9.09. The van der Waals surface area contributed by atoms with Gasteiger partial charge in [-0.05, 0) is 61.9 Å². The number of rotatable bonds is 6. The first-order valence-corrected chi connectivity index (χ1v) is 6.98. The number of nitrogens with one attached hydrogen (secondary N) is 1. The molecule has 0 amide bonds. The summed E-state index contributed by atoms with van der Waals surface area (Å²) in [6.45, 7) is 6.31. The fourth-order valence-electron chi connectivity index (χ4n) is 1.59. The number of nitrogens with zero attached hydrogens (tertiary/aromatic N) is 2. The Morgan fingerprint density at radius 1 is 1.44 bits per heavy atom. The molecular weight excluding hydrogens is 290 g/mol. The molecule has 1 aromatic rings. The Kier molecular flexibility index (Phi) is 6.17. The third kappa shape index (κ3) is 4.32. The summed E-state index contributed by atoms with van der Waals surface area (Å²) in [6.07, 6.45) is 1.06. The van der Waals surface area contributed by atoms with E-state index in [4.69, 9.17) is 5.26 Å². The van der Waals surface area contributed by atoms with Gasteiger partial charge in [0.1, 0.15) is 6.07 Å². The van der Waals surface area contributed by atoms with Crippen LogP contribution >= 0.6 is 15.9 Å². The summed E-state index contributed by atoms with van der Waals surface area (Å²) in [7, 11) is 2.13. The van der Waals surface area contributed by atoms with Crippen LogP contribution in [0.3, 0.4) is 0 Å². The molecule has 0 saturated carbocycles. The summed E-state index contributed by atoms with van der Waals surface area (Å²) in [4.78, 5) is 2.31. The molecule has 3 nitrogen and oxygen atoms in total. The van der Waals surface area contributed by atoms with Crippen LogP contribution in [0.2, 0.25) is 0 Å². The van der Waals surface area contributed by atoms with E-state index in [0.717, 1.165) is 29.7 Å².